The Kier molecular flexibility index (Phi) is 4.01. The van der Waals surface area contributed by atoms with Gasteiger partial charge >= 0.3 is 5.97 Å². The minimum absolute atomic E-state index is 0.382. The standard InChI is InChI=1S/C18H15NO3/c1-21-18(20)15-9-10-16(17-14(15)8-5-11-19-17)22-12-13-6-3-2-4-7-13/h2-11H,12H2,1H3. The van der Waals surface area contributed by atoms with Gasteiger partial charge in [0.25, 0.3) is 0 Å². The van der Waals surface area contributed by atoms with Gasteiger partial charge in [-0.15, -0.1) is 0 Å². The number of methoxy groups -OCH3 is 1. The van der Waals surface area contributed by atoms with Crippen LogP contribution >= 0.6 is 0 Å². The van der Waals surface area contributed by atoms with Crippen LogP contribution in [0.4, 0.5) is 0 Å². The molecule has 0 unspecified atom stereocenters. The quantitative estimate of drug-likeness (QED) is 0.690. The molecule has 3 aromatic rings. The fraction of sp³-hybridized carbons (Fsp3) is 0.111. The lowest BCUT2D eigenvalue weighted by Gasteiger charge is -2.11. The van der Waals surface area contributed by atoms with Crippen molar-refractivity contribution in [2.75, 3.05) is 7.11 Å². The van der Waals surface area contributed by atoms with E-state index in [2.05, 4.69) is 4.98 Å². The average Bonchev–Trinajstić information content (AvgIpc) is 2.60. The van der Waals surface area contributed by atoms with Crippen LogP contribution in [0, 0.1) is 0 Å². The molecule has 110 valence electrons. The van der Waals surface area contributed by atoms with Crippen molar-refractivity contribution in [2.24, 2.45) is 0 Å². The number of carbonyl (C=O) groups is 1. The third-order valence-corrected chi connectivity index (χ3v) is 3.38. The molecular formula is C18H15NO3. The number of esters is 1. The number of aromatic nitrogens is 1. The van der Waals surface area contributed by atoms with E-state index in [0.717, 1.165) is 10.9 Å². The van der Waals surface area contributed by atoms with Crippen molar-refractivity contribution >= 4 is 16.9 Å². The Morgan fingerprint density at radius 1 is 1.05 bits per heavy atom. The number of hydrogen-bond acceptors (Lipinski definition) is 4. The van der Waals surface area contributed by atoms with E-state index in [0.29, 0.717) is 23.4 Å². The highest BCUT2D eigenvalue weighted by Gasteiger charge is 2.14. The molecule has 0 aliphatic rings. The molecule has 0 spiro atoms. The van der Waals surface area contributed by atoms with Gasteiger partial charge in [-0.05, 0) is 23.8 Å². The summed E-state index contributed by atoms with van der Waals surface area (Å²) in [5.74, 6) is 0.264. The van der Waals surface area contributed by atoms with E-state index in [-0.39, 0.29) is 5.97 Å². The van der Waals surface area contributed by atoms with Crippen molar-refractivity contribution in [1.29, 1.82) is 0 Å². The average molecular weight is 293 g/mol. The van der Waals surface area contributed by atoms with E-state index in [9.17, 15) is 4.79 Å². The molecule has 0 aliphatic heterocycles. The SMILES string of the molecule is COC(=O)c1ccc(OCc2ccccc2)c2ncccc12. The van der Waals surface area contributed by atoms with Crippen molar-refractivity contribution in [3.63, 3.8) is 0 Å². The van der Waals surface area contributed by atoms with Crippen molar-refractivity contribution < 1.29 is 14.3 Å². The van der Waals surface area contributed by atoms with Crippen LogP contribution in [0.2, 0.25) is 0 Å². The molecule has 2 aromatic carbocycles. The predicted molar refractivity (Wildman–Crippen MR) is 83.9 cm³/mol. The highest BCUT2D eigenvalue weighted by atomic mass is 16.5. The maximum atomic E-state index is 11.8. The molecule has 1 aromatic heterocycles. The number of nitrogens with zero attached hydrogens (tertiary/aromatic N) is 1. The zero-order chi connectivity index (χ0) is 15.4. The lowest BCUT2D eigenvalue weighted by Crippen LogP contribution is -2.04. The van der Waals surface area contributed by atoms with Crippen LogP contribution in [0.25, 0.3) is 10.9 Å². The van der Waals surface area contributed by atoms with E-state index in [4.69, 9.17) is 9.47 Å². The molecule has 4 heteroatoms. The van der Waals surface area contributed by atoms with E-state index >= 15 is 0 Å². The third-order valence-electron chi connectivity index (χ3n) is 3.38. The summed E-state index contributed by atoms with van der Waals surface area (Å²) in [4.78, 5) is 16.2. The van der Waals surface area contributed by atoms with Gasteiger partial charge in [-0.25, -0.2) is 4.79 Å². The van der Waals surface area contributed by atoms with Crippen molar-refractivity contribution in [1.82, 2.24) is 4.98 Å². The molecule has 0 fully saturated rings. The molecule has 0 N–H and O–H groups in total. The van der Waals surface area contributed by atoms with Crippen LogP contribution in [0.1, 0.15) is 15.9 Å². The van der Waals surface area contributed by atoms with Crippen molar-refractivity contribution in [2.45, 2.75) is 6.61 Å². The Hall–Kier alpha value is -2.88. The number of fused-ring (bicyclic) bond motifs is 1. The first-order chi connectivity index (χ1) is 10.8. The van der Waals surface area contributed by atoms with Gasteiger partial charge in [0.05, 0.1) is 12.7 Å². The number of benzene rings is 2. The third kappa shape index (κ3) is 2.76. The number of carbonyl (C=O) groups excluding carboxylic acids is 1. The summed E-state index contributed by atoms with van der Waals surface area (Å²) in [7, 11) is 1.37. The summed E-state index contributed by atoms with van der Waals surface area (Å²) < 4.78 is 10.7. The van der Waals surface area contributed by atoms with Gasteiger partial charge in [0.1, 0.15) is 17.9 Å². The molecule has 0 atom stereocenters. The Bertz CT molecular complexity index is 800. The molecule has 4 nitrogen and oxygen atoms in total. The molecular weight excluding hydrogens is 278 g/mol. The molecule has 0 aliphatic carbocycles. The molecule has 0 bridgehead atoms. The second kappa shape index (κ2) is 6.26. The summed E-state index contributed by atoms with van der Waals surface area (Å²) in [6, 6.07) is 17.0. The van der Waals surface area contributed by atoms with Gasteiger partial charge in [0, 0.05) is 11.6 Å². The number of rotatable bonds is 4. The van der Waals surface area contributed by atoms with Crippen molar-refractivity contribution in [3.8, 4) is 5.75 Å². The summed E-state index contributed by atoms with van der Waals surface area (Å²) in [5.41, 5.74) is 2.21. The molecule has 0 amide bonds. The highest BCUT2D eigenvalue weighted by molar-refractivity contribution is 6.05. The van der Waals surface area contributed by atoms with Crippen LogP contribution in [-0.4, -0.2) is 18.1 Å². The molecule has 1 heterocycles. The summed E-state index contributed by atoms with van der Waals surface area (Å²) in [6.07, 6.45) is 1.68. The molecule has 0 saturated carbocycles. The van der Waals surface area contributed by atoms with Gasteiger partial charge < -0.3 is 9.47 Å². The van der Waals surface area contributed by atoms with Crippen LogP contribution in [0.3, 0.4) is 0 Å². The van der Waals surface area contributed by atoms with E-state index in [1.807, 2.05) is 36.4 Å². The smallest absolute Gasteiger partial charge is 0.338 e. The molecule has 0 saturated heterocycles. The summed E-state index contributed by atoms with van der Waals surface area (Å²) in [5, 5.41) is 0.722. The van der Waals surface area contributed by atoms with Gasteiger partial charge in [-0.2, -0.15) is 0 Å². The topological polar surface area (TPSA) is 48.4 Å². The fourth-order valence-corrected chi connectivity index (χ4v) is 2.29. The van der Waals surface area contributed by atoms with Crippen LogP contribution < -0.4 is 4.74 Å². The Balaban J connectivity index is 1.96. The first-order valence-electron chi connectivity index (χ1n) is 6.92. The Morgan fingerprint density at radius 3 is 2.64 bits per heavy atom. The van der Waals surface area contributed by atoms with Gasteiger partial charge in [0.15, 0.2) is 0 Å². The van der Waals surface area contributed by atoms with Crippen LogP contribution in [0.15, 0.2) is 60.8 Å². The van der Waals surface area contributed by atoms with Crippen LogP contribution in [0.5, 0.6) is 5.75 Å². The lowest BCUT2D eigenvalue weighted by atomic mass is 10.1. The largest absolute Gasteiger partial charge is 0.487 e. The second-order valence-corrected chi connectivity index (χ2v) is 4.78. The monoisotopic (exact) mass is 293 g/mol. The number of pyridine rings is 1. The fourth-order valence-electron chi connectivity index (χ4n) is 2.29. The first-order valence-corrected chi connectivity index (χ1v) is 6.92. The zero-order valence-corrected chi connectivity index (χ0v) is 12.2. The van der Waals surface area contributed by atoms with E-state index in [1.54, 1.807) is 24.4 Å². The maximum Gasteiger partial charge on any atom is 0.338 e. The lowest BCUT2D eigenvalue weighted by molar-refractivity contribution is 0.0603. The normalized spacial score (nSPS) is 10.4. The van der Waals surface area contributed by atoms with Crippen LogP contribution in [-0.2, 0) is 11.3 Å². The maximum absolute atomic E-state index is 11.8. The highest BCUT2D eigenvalue weighted by Crippen LogP contribution is 2.27. The summed E-state index contributed by atoms with van der Waals surface area (Å²) >= 11 is 0. The predicted octanol–water partition coefficient (Wildman–Crippen LogP) is 3.60. The number of ether oxygens (including phenoxy) is 2. The molecule has 22 heavy (non-hydrogen) atoms. The first kappa shape index (κ1) is 14.1. The van der Waals surface area contributed by atoms with Gasteiger partial charge in [-0.1, -0.05) is 36.4 Å². The Morgan fingerprint density at radius 2 is 1.86 bits per heavy atom. The zero-order valence-electron chi connectivity index (χ0n) is 12.2. The van der Waals surface area contributed by atoms with Gasteiger partial charge in [-0.3, -0.25) is 4.98 Å². The minimum Gasteiger partial charge on any atom is -0.487 e. The number of hydrogen-bond donors (Lipinski definition) is 0. The minimum atomic E-state index is -0.382. The van der Waals surface area contributed by atoms with E-state index < -0.39 is 0 Å². The molecule has 0 radical (unpaired) electrons. The second-order valence-electron chi connectivity index (χ2n) is 4.78. The van der Waals surface area contributed by atoms with E-state index in [1.165, 1.54) is 7.11 Å². The molecule has 3 rings (SSSR count). The van der Waals surface area contributed by atoms with Crippen molar-refractivity contribution in [3.05, 3.63) is 71.9 Å². The van der Waals surface area contributed by atoms with Gasteiger partial charge in [0.2, 0.25) is 0 Å². The Labute approximate surface area is 128 Å². The summed E-state index contributed by atoms with van der Waals surface area (Å²) in [6.45, 7) is 0.448.